The van der Waals surface area contributed by atoms with Gasteiger partial charge in [-0.1, -0.05) is 24.3 Å². The SMILES string of the molecule is COCCOc1ncnc(C2CC2)c1-c1ncc2cnn(Cc3ccc(-c4nc(C(F)(F)F)cn4C)cc3)c2n1. The van der Waals surface area contributed by atoms with Crippen molar-refractivity contribution in [3.05, 3.63) is 66.1 Å². The number of rotatable bonds is 9. The van der Waals surface area contributed by atoms with Crippen LogP contribution in [0.4, 0.5) is 13.2 Å². The van der Waals surface area contributed by atoms with Gasteiger partial charge in [0, 0.05) is 38.0 Å². The van der Waals surface area contributed by atoms with E-state index in [2.05, 4.69) is 25.0 Å². The van der Waals surface area contributed by atoms with E-state index < -0.39 is 11.9 Å². The molecule has 0 atom stereocenters. The Balaban J connectivity index is 1.30. The highest BCUT2D eigenvalue weighted by molar-refractivity contribution is 5.77. The number of imidazole rings is 1. The minimum absolute atomic E-state index is 0.237. The van der Waals surface area contributed by atoms with Crippen LogP contribution in [-0.2, 0) is 24.5 Å². The number of hydrogen-bond acceptors (Lipinski definition) is 8. The Kier molecular flexibility index (Phi) is 6.66. The van der Waals surface area contributed by atoms with Gasteiger partial charge < -0.3 is 14.0 Å². The molecule has 13 heteroatoms. The van der Waals surface area contributed by atoms with Crippen LogP contribution >= 0.6 is 0 Å². The third-order valence-electron chi connectivity index (χ3n) is 6.64. The first-order chi connectivity index (χ1) is 19.3. The quantitative estimate of drug-likeness (QED) is 0.244. The Morgan fingerprint density at radius 3 is 2.50 bits per heavy atom. The molecule has 0 amide bonds. The lowest BCUT2D eigenvalue weighted by Gasteiger charge is -2.13. The molecule has 4 aromatic heterocycles. The largest absolute Gasteiger partial charge is 0.475 e. The third-order valence-corrected chi connectivity index (χ3v) is 6.64. The average molecular weight is 551 g/mol. The lowest BCUT2D eigenvalue weighted by Crippen LogP contribution is -2.09. The van der Waals surface area contributed by atoms with Gasteiger partial charge in [0.15, 0.2) is 17.2 Å². The van der Waals surface area contributed by atoms with E-state index in [0.29, 0.717) is 54.2 Å². The van der Waals surface area contributed by atoms with Crippen LogP contribution in [0.3, 0.4) is 0 Å². The number of halogens is 3. The number of nitrogens with zero attached hydrogens (tertiary/aromatic N) is 8. The molecule has 206 valence electrons. The summed E-state index contributed by atoms with van der Waals surface area (Å²) in [5, 5.41) is 5.26. The molecular weight excluding hydrogens is 525 g/mol. The molecule has 0 saturated heterocycles. The molecule has 0 aliphatic heterocycles. The van der Waals surface area contributed by atoms with E-state index in [9.17, 15) is 13.2 Å². The molecular formula is C27H25F3N8O2. The van der Waals surface area contributed by atoms with E-state index in [4.69, 9.17) is 14.5 Å². The van der Waals surface area contributed by atoms with Crippen LogP contribution in [0.5, 0.6) is 5.88 Å². The number of aromatic nitrogens is 8. The molecule has 0 spiro atoms. The lowest BCUT2D eigenvalue weighted by molar-refractivity contribution is -0.140. The van der Waals surface area contributed by atoms with Gasteiger partial charge in [-0.15, -0.1) is 0 Å². The van der Waals surface area contributed by atoms with Crippen molar-refractivity contribution in [1.29, 1.82) is 0 Å². The van der Waals surface area contributed by atoms with Gasteiger partial charge in [-0.25, -0.2) is 29.6 Å². The summed E-state index contributed by atoms with van der Waals surface area (Å²) in [5.41, 5.74) is 2.72. The number of benzene rings is 1. The standard InChI is InChI=1S/C27H25F3N8O2/c1-37-14-20(27(28,29)30)35-24(37)18-5-3-16(4-6-18)13-38-25-19(12-34-38)11-31-23(36-25)21-22(17-7-8-17)32-15-33-26(21)40-10-9-39-2/h3-6,11-12,14-15,17H,7-10,13H2,1-2H3. The maximum absolute atomic E-state index is 13.1. The van der Waals surface area contributed by atoms with Crippen molar-refractivity contribution in [1.82, 2.24) is 39.3 Å². The molecule has 0 radical (unpaired) electrons. The molecule has 5 aromatic rings. The summed E-state index contributed by atoms with van der Waals surface area (Å²) >= 11 is 0. The molecule has 40 heavy (non-hydrogen) atoms. The third kappa shape index (κ3) is 5.11. The fourth-order valence-corrected chi connectivity index (χ4v) is 4.50. The predicted molar refractivity (Wildman–Crippen MR) is 138 cm³/mol. The number of alkyl halides is 3. The van der Waals surface area contributed by atoms with Crippen molar-refractivity contribution >= 4 is 11.0 Å². The molecule has 0 unspecified atom stereocenters. The van der Waals surface area contributed by atoms with Crippen molar-refractivity contribution in [3.63, 3.8) is 0 Å². The smallest absolute Gasteiger partial charge is 0.434 e. The zero-order chi connectivity index (χ0) is 27.9. The molecule has 1 saturated carbocycles. The van der Waals surface area contributed by atoms with Crippen molar-refractivity contribution in [3.8, 4) is 28.7 Å². The van der Waals surface area contributed by atoms with Crippen LogP contribution < -0.4 is 4.74 Å². The Hall–Kier alpha value is -4.39. The number of methoxy groups -OCH3 is 1. The summed E-state index contributed by atoms with van der Waals surface area (Å²) < 4.78 is 53.4. The van der Waals surface area contributed by atoms with E-state index in [-0.39, 0.29) is 5.82 Å². The molecule has 0 bridgehead atoms. The monoisotopic (exact) mass is 550 g/mol. The first-order valence-electron chi connectivity index (χ1n) is 12.7. The van der Waals surface area contributed by atoms with Crippen molar-refractivity contribution in [2.45, 2.75) is 31.5 Å². The molecule has 1 aliphatic carbocycles. The van der Waals surface area contributed by atoms with Gasteiger partial charge in [0.1, 0.15) is 24.3 Å². The van der Waals surface area contributed by atoms with Crippen molar-refractivity contribution in [2.75, 3.05) is 20.3 Å². The molecule has 10 nitrogen and oxygen atoms in total. The number of aryl methyl sites for hydroxylation is 1. The van der Waals surface area contributed by atoms with Crippen LogP contribution in [0.25, 0.3) is 33.8 Å². The van der Waals surface area contributed by atoms with Gasteiger partial charge in [-0.05, 0) is 18.4 Å². The summed E-state index contributed by atoms with van der Waals surface area (Å²) in [7, 11) is 3.15. The maximum atomic E-state index is 13.1. The predicted octanol–water partition coefficient (Wildman–Crippen LogP) is 4.65. The molecule has 1 fully saturated rings. The second-order valence-corrected chi connectivity index (χ2v) is 9.58. The van der Waals surface area contributed by atoms with Crippen LogP contribution in [0.2, 0.25) is 0 Å². The first-order valence-corrected chi connectivity index (χ1v) is 12.7. The fourth-order valence-electron chi connectivity index (χ4n) is 4.50. The van der Waals surface area contributed by atoms with Gasteiger partial charge >= 0.3 is 6.18 Å². The Morgan fingerprint density at radius 1 is 1.00 bits per heavy atom. The Labute approximate surface area is 226 Å². The molecule has 1 aliphatic rings. The summed E-state index contributed by atoms with van der Waals surface area (Å²) in [6, 6.07) is 7.17. The fraction of sp³-hybridized carbons (Fsp3) is 0.333. The van der Waals surface area contributed by atoms with E-state index >= 15 is 0 Å². The zero-order valence-electron chi connectivity index (χ0n) is 21.8. The normalized spacial score (nSPS) is 13.7. The Morgan fingerprint density at radius 2 is 1.80 bits per heavy atom. The Bertz CT molecular complexity index is 1660. The highest BCUT2D eigenvalue weighted by Gasteiger charge is 2.34. The lowest BCUT2D eigenvalue weighted by atomic mass is 10.1. The van der Waals surface area contributed by atoms with Crippen LogP contribution in [0.15, 0.2) is 49.2 Å². The van der Waals surface area contributed by atoms with Crippen LogP contribution in [0, 0.1) is 0 Å². The van der Waals surface area contributed by atoms with Gasteiger partial charge in [-0.2, -0.15) is 18.3 Å². The molecule has 6 rings (SSSR count). The van der Waals surface area contributed by atoms with Crippen LogP contribution in [0.1, 0.15) is 35.7 Å². The molecule has 4 heterocycles. The van der Waals surface area contributed by atoms with E-state index in [1.807, 2.05) is 12.1 Å². The summed E-state index contributed by atoms with van der Waals surface area (Å²) in [6.45, 7) is 1.14. The topological polar surface area (TPSA) is 106 Å². The zero-order valence-corrected chi connectivity index (χ0v) is 21.8. The second-order valence-electron chi connectivity index (χ2n) is 9.58. The summed E-state index contributed by atoms with van der Waals surface area (Å²) in [4.78, 5) is 22.1. The van der Waals surface area contributed by atoms with Crippen LogP contribution in [-0.4, -0.2) is 59.6 Å². The van der Waals surface area contributed by atoms with Gasteiger partial charge in [0.05, 0.1) is 30.4 Å². The minimum Gasteiger partial charge on any atom is -0.475 e. The van der Waals surface area contributed by atoms with Crippen molar-refractivity contribution in [2.24, 2.45) is 7.05 Å². The van der Waals surface area contributed by atoms with E-state index in [0.717, 1.165) is 35.7 Å². The maximum Gasteiger partial charge on any atom is 0.434 e. The van der Waals surface area contributed by atoms with Crippen molar-refractivity contribution < 1.29 is 22.6 Å². The van der Waals surface area contributed by atoms with Gasteiger partial charge in [0.25, 0.3) is 0 Å². The molecule has 1 aromatic carbocycles. The average Bonchev–Trinajstić information content (AvgIpc) is 3.60. The number of hydrogen-bond donors (Lipinski definition) is 0. The van der Waals surface area contributed by atoms with Gasteiger partial charge in [-0.3, -0.25) is 0 Å². The van der Waals surface area contributed by atoms with E-state index in [1.165, 1.54) is 10.9 Å². The highest BCUT2D eigenvalue weighted by atomic mass is 19.4. The highest BCUT2D eigenvalue weighted by Crippen LogP contribution is 2.45. The molecule has 0 N–H and O–H groups in total. The van der Waals surface area contributed by atoms with E-state index in [1.54, 1.807) is 43.4 Å². The second kappa shape index (κ2) is 10.3. The first kappa shape index (κ1) is 25.9. The van der Waals surface area contributed by atoms with Gasteiger partial charge in [0.2, 0.25) is 5.88 Å². The summed E-state index contributed by atoms with van der Waals surface area (Å²) in [5.74, 6) is 1.42. The summed E-state index contributed by atoms with van der Waals surface area (Å²) in [6.07, 6.45) is 3.46. The minimum atomic E-state index is -4.50. The number of ether oxygens (including phenoxy) is 2. The number of fused-ring (bicyclic) bond motifs is 1.